The average Bonchev–Trinajstić information content (AvgIpc) is 3.34. The first-order valence-corrected chi connectivity index (χ1v) is 23.6. The van der Waals surface area contributed by atoms with Gasteiger partial charge in [0.15, 0.2) is 6.61 Å². The number of carbonyl (C=O) groups is 3. The lowest BCUT2D eigenvalue weighted by atomic mass is 9.86. The van der Waals surface area contributed by atoms with E-state index in [0.29, 0.717) is 47.6 Å². The fraction of sp³-hybridized carbons (Fsp3) is 0.327. The van der Waals surface area contributed by atoms with Crippen LogP contribution in [0.3, 0.4) is 0 Å². The summed E-state index contributed by atoms with van der Waals surface area (Å²) in [6.45, 7) is 11.6. The standard InChI is InChI=1S/C42H44N4O10.C13H18N/c1-24(2)56-36-17-25(11-12-26(36)21-43-22-35(48)32-13-15-34(47)39-33(32)14-16-37(49)46-39)40(51)45-30-19-29(20-30)44-38(50)23-55-31-10-6-9-28(18-31)42(54,41(52)53)27-7-4-3-5-8-27;1-12-7-9-14(10-8-12)11-13-5-3-2-4-6-13/h3-18,24,29-30,35,43,47-48,54H,19-23H2,1-2H3,(H,44,50)(H,45,51)(H,46,49)(H,52,53);2-6,12H,1,7-11H2/t29?,30?,35-,42-;/m0./s1. The summed E-state index contributed by atoms with van der Waals surface area (Å²) in [5, 5.41) is 51.8. The summed E-state index contributed by atoms with van der Waals surface area (Å²) in [5.74, 6) is -0.804. The molecule has 1 aliphatic heterocycles. The van der Waals surface area contributed by atoms with Crippen molar-refractivity contribution >= 4 is 28.7 Å². The molecular formula is C55H62N5O10. The van der Waals surface area contributed by atoms with Gasteiger partial charge in [-0.05, 0) is 112 Å². The first kappa shape index (κ1) is 50.8. The Labute approximate surface area is 407 Å². The van der Waals surface area contributed by atoms with Gasteiger partial charge in [0, 0.05) is 59.9 Å². The topological polar surface area (TPSA) is 223 Å². The number of benzene rings is 5. The van der Waals surface area contributed by atoms with Crippen molar-refractivity contribution < 1.29 is 44.3 Å². The van der Waals surface area contributed by atoms with E-state index in [1.807, 2.05) is 13.8 Å². The number of amides is 2. The molecule has 1 aromatic heterocycles. The minimum absolute atomic E-state index is 0.0812. The number of phenolic OH excluding ortho intramolecular Hbond substituents is 1. The third-order valence-electron chi connectivity index (χ3n) is 12.5. The van der Waals surface area contributed by atoms with Crippen molar-refractivity contribution in [1.82, 2.24) is 25.8 Å². The normalized spacial score (nSPS) is 17.3. The van der Waals surface area contributed by atoms with Crippen molar-refractivity contribution in [1.29, 1.82) is 0 Å². The number of aliphatic hydroxyl groups excluding tert-OH is 1. The van der Waals surface area contributed by atoms with Gasteiger partial charge >= 0.3 is 5.97 Å². The molecule has 0 bridgehead atoms. The van der Waals surface area contributed by atoms with Gasteiger partial charge in [0.25, 0.3) is 11.8 Å². The summed E-state index contributed by atoms with van der Waals surface area (Å²) in [6, 6.07) is 35.4. The third kappa shape index (κ3) is 13.2. The number of nitrogens with zero attached hydrogens (tertiary/aromatic N) is 1. The summed E-state index contributed by atoms with van der Waals surface area (Å²) in [7, 11) is 0. The van der Waals surface area contributed by atoms with Gasteiger partial charge in [0.1, 0.15) is 17.2 Å². The van der Waals surface area contributed by atoms with Crippen molar-refractivity contribution in [3.63, 3.8) is 0 Å². The number of aromatic nitrogens is 1. The molecule has 5 aromatic carbocycles. The van der Waals surface area contributed by atoms with Gasteiger partial charge in [-0.1, -0.05) is 91.9 Å². The number of carbonyl (C=O) groups excluding carboxylic acids is 2. The van der Waals surface area contributed by atoms with Crippen LogP contribution in [0, 0.1) is 12.8 Å². The Hall–Kier alpha value is -7.04. The number of rotatable bonds is 18. The fourth-order valence-electron chi connectivity index (χ4n) is 8.64. The molecule has 0 spiro atoms. The smallest absolute Gasteiger partial charge is 0.345 e. The predicted octanol–water partition coefficient (Wildman–Crippen LogP) is 6.35. The number of phenols is 1. The molecule has 2 atom stereocenters. The highest BCUT2D eigenvalue weighted by Gasteiger charge is 2.40. The van der Waals surface area contributed by atoms with Gasteiger partial charge in [0.05, 0.1) is 17.7 Å². The van der Waals surface area contributed by atoms with Crippen molar-refractivity contribution in [2.24, 2.45) is 5.92 Å². The molecule has 6 aromatic rings. The first-order valence-electron chi connectivity index (χ1n) is 23.6. The van der Waals surface area contributed by atoms with Gasteiger partial charge in [-0.3, -0.25) is 19.3 Å². The van der Waals surface area contributed by atoms with Crippen molar-refractivity contribution in [3.8, 4) is 17.2 Å². The number of aromatic hydroxyl groups is 1. The molecule has 367 valence electrons. The Morgan fingerprint density at radius 1 is 0.843 bits per heavy atom. The molecule has 0 unspecified atom stereocenters. The number of hydrogen-bond acceptors (Lipinski definition) is 11. The summed E-state index contributed by atoms with van der Waals surface area (Å²) in [5.41, 5.74) is 0.986. The zero-order valence-electron chi connectivity index (χ0n) is 39.5. The molecule has 2 amide bonds. The van der Waals surface area contributed by atoms with Crippen molar-refractivity contribution in [2.45, 2.75) is 82.5 Å². The number of nitrogens with one attached hydrogen (secondary N) is 4. The van der Waals surface area contributed by atoms with Gasteiger partial charge in [-0.2, -0.15) is 0 Å². The molecule has 1 saturated carbocycles. The van der Waals surface area contributed by atoms with Gasteiger partial charge < -0.3 is 50.8 Å². The number of H-pyrrole nitrogens is 1. The Morgan fingerprint density at radius 2 is 1.53 bits per heavy atom. The Morgan fingerprint density at radius 3 is 2.23 bits per heavy atom. The molecule has 15 nitrogen and oxygen atoms in total. The molecule has 8 rings (SSSR count). The largest absolute Gasteiger partial charge is 0.506 e. The van der Waals surface area contributed by atoms with Crippen LogP contribution in [-0.2, 0) is 28.3 Å². The van der Waals surface area contributed by atoms with E-state index in [1.54, 1.807) is 60.7 Å². The van der Waals surface area contributed by atoms with Crippen LogP contribution < -0.4 is 31.0 Å². The fourth-order valence-corrected chi connectivity index (χ4v) is 8.64. The highest BCUT2D eigenvalue weighted by molar-refractivity contribution is 5.95. The highest BCUT2D eigenvalue weighted by Crippen LogP contribution is 2.33. The SMILES string of the molecule is CC(C)Oc1cc(C(=O)NC2CC(NC(=O)COc3cccc([C@](O)(C(=O)O)c4ccccc4)c3)C2)ccc1CNC[C@H](O)c1ccc(O)c2[nH]c(=O)ccc12.[CH2]C1CCN(Cc2ccccc2)CC1. The second-order valence-corrected chi connectivity index (χ2v) is 18.2. The second kappa shape index (κ2) is 23.5. The number of pyridine rings is 1. The third-order valence-corrected chi connectivity index (χ3v) is 12.5. The van der Waals surface area contributed by atoms with E-state index < -0.39 is 17.7 Å². The number of carboxylic acid groups (broad SMARTS) is 1. The number of ether oxygens (including phenoxy) is 2. The summed E-state index contributed by atoms with van der Waals surface area (Å²) < 4.78 is 11.7. The van der Waals surface area contributed by atoms with Crippen LogP contribution in [0.25, 0.3) is 10.9 Å². The quantitative estimate of drug-likeness (QED) is 0.0472. The maximum atomic E-state index is 13.2. The number of fused-ring (bicyclic) bond motifs is 1. The highest BCUT2D eigenvalue weighted by atomic mass is 16.5. The molecule has 15 heteroatoms. The predicted molar refractivity (Wildman–Crippen MR) is 266 cm³/mol. The van der Waals surface area contributed by atoms with Crippen LogP contribution in [0.15, 0.2) is 132 Å². The number of aliphatic hydroxyl groups is 2. The van der Waals surface area contributed by atoms with E-state index in [-0.39, 0.29) is 76.9 Å². The van der Waals surface area contributed by atoms with Crippen LogP contribution in [0.4, 0.5) is 0 Å². The van der Waals surface area contributed by atoms with E-state index in [9.17, 15) is 39.6 Å². The van der Waals surface area contributed by atoms with Crippen LogP contribution in [0.2, 0.25) is 0 Å². The number of aromatic amines is 1. The van der Waals surface area contributed by atoms with E-state index in [2.05, 4.69) is 63.1 Å². The lowest BCUT2D eigenvalue weighted by Gasteiger charge is -2.36. The average molecular weight is 953 g/mol. The minimum atomic E-state index is -2.31. The lowest BCUT2D eigenvalue weighted by molar-refractivity contribution is -0.155. The number of aliphatic carboxylic acids is 1. The van der Waals surface area contributed by atoms with Crippen molar-refractivity contribution in [3.05, 3.63) is 178 Å². The molecule has 1 saturated heterocycles. The van der Waals surface area contributed by atoms with E-state index >= 15 is 0 Å². The summed E-state index contributed by atoms with van der Waals surface area (Å²) in [4.78, 5) is 54.9. The van der Waals surface area contributed by atoms with E-state index in [4.69, 9.17) is 9.47 Å². The number of piperidine rings is 1. The van der Waals surface area contributed by atoms with Gasteiger partial charge in [-0.15, -0.1) is 0 Å². The molecule has 2 heterocycles. The molecule has 8 N–H and O–H groups in total. The number of hydrogen-bond donors (Lipinski definition) is 8. The zero-order chi connectivity index (χ0) is 49.8. The molecule has 2 aliphatic rings. The molecule has 70 heavy (non-hydrogen) atoms. The Kier molecular flexibility index (Phi) is 17.1. The minimum Gasteiger partial charge on any atom is -0.506 e. The van der Waals surface area contributed by atoms with Gasteiger partial charge in [-0.25, -0.2) is 4.79 Å². The molecular weight excluding hydrogens is 891 g/mol. The maximum Gasteiger partial charge on any atom is 0.345 e. The maximum absolute atomic E-state index is 13.2. The molecule has 2 fully saturated rings. The number of carboxylic acids is 1. The van der Waals surface area contributed by atoms with Crippen LogP contribution in [-0.4, -0.2) is 92.5 Å². The van der Waals surface area contributed by atoms with E-state index in [1.165, 1.54) is 67.9 Å². The summed E-state index contributed by atoms with van der Waals surface area (Å²) >= 11 is 0. The van der Waals surface area contributed by atoms with Crippen LogP contribution in [0.1, 0.15) is 83.8 Å². The Balaban J connectivity index is 0.000000439. The summed E-state index contributed by atoms with van der Waals surface area (Å²) in [6.07, 6.45) is 2.43. The van der Waals surface area contributed by atoms with E-state index in [0.717, 1.165) is 12.1 Å². The monoisotopic (exact) mass is 952 g/mol. The molecule has 1 aliphatic carbocycles. The van der Waals surface area contributed by atoms with Gasteiger partial charge in [0.2, 0.25) is 11.2 Å². The first-order chi connectivity index (χ1) is 33.7. The van der Waals surface area contributed by atoms with Crippen LogP contribution in [0.5, 0.6) is 17.2 Å². The lowest BCUT2D eigenvalue weighted by Crippen LogP contribution is -2.54. The Bertz CT molecular complexity index is 2770. The molecule has 1 radical (unpaired) electrons. The van der Waals surface area contributed by atoms with Crippen molar-refractivity contribution in [2.75, 3.05) is 26.2 Å². The zero-order valence-corrected chi connectivity index (χ0v) is 39.5. The second-order valence-electron chi connectivity index (χ2n) is 18.2. The number of likely N-dealkylation sites (tertiary alicyclic amines) is 1. The van der Waals surface area contributed by atoms with Crippen LogP contribution >= 0.6 is 0 Å².